The van der Waals surface area contributed by atoms with Gasteiger partial charge in [0.05, 0.1) is 0 Å². The summed E-state index contributed by atoms with van der Waals surface area (Å²) in [4.78, 5) is 0. The minimum absolute atomic E-state index is 0.405. The highest BCUT2D eigenvalue weighted by atomic mass is 35.5. The zero-order valence-electron chi connectivity index (χ0n) is 12.0. The summed E-state index contributed by atoms with van der Waals surface area (Å²) in [5.74, 6) is -0.426. The minimum atomic E-state index is -1.56. The smallest absolute Gasteiger partial charge is 0.140 e. The van der Waals surface area contributed by atoms with Gasteiger partial charge in [-0.3, -0.25) is 0 Å². The molecule has 0 spiro atoms. The van der Waals surface area contributed by atoms with Gasteiger partial charge in [-0.15, -0.1) is 0 Å². The van der Waals surface area contributed by atoms with Gasteiger partial charge in [-0.2, -0.15) is 0 Å². The molecule has 0 aliphatic heterocycles. The second-order valence-corrected chi connectivity index (χ2v) is 6.11. The molecule has 1 nitrogen and oxygen atoms in total. The molecule has 0 saturated heterocycles. The number of benzene rings is 3. The number of hydrogen-bond donors (Lipinski definition) is 1. The van der Waals surface area contributed by atoms with E-state index in [-0.39, 0.29) is 0 Å². The standard InChI is InChI=1S/C19H13Cl2FO/c20-16-7-1-4-13(10-16)19(23,14-5-2-8-17(21)11-14)15-6-3-9-18(22)12-15/h1-12,23H. The molecule has 116 valence electrons. The van der Waals surface area contributed by atoms with Crippen LogP contribution >= 0.6 is 23.2 Å². The summed E-state index contributed by atoms with van der Waals surface area (Å²) in [6.45, 7) is 0. The third-order valence-corrected chi connectivity index (χ3v) is 4.20. The Bertz CT molecular complexity index is 737. The monoisotopic (exact) mass is 346 g/mol. The first-order valence-electron chi connectivity index (χ1n) is 7.00. The van der Waals surface area contributed by atoms with Crippen LogP contribution in [0.3, 0.4) is 0 Å². The molecule has 4 heteroatoms. The molecule has 3 aromatic carbocycles. The average Bonchev–Trinajstić information content (AvgIpc) is 2.54. The summed E-state index contributed by atoms with van der Waals surface area (Å²) in [5.41, 5.74) is -0.0736. The summed E-state index contributed by atoms with van der Waals surface area (Å²) in [6.07, 6.45) is 0. The van der Waals surface area contributed by atoms with E-state index in [0.29, 0.717) is 26.7 Å². The second-order valence-electron chi connectivity index (χ2n) is 5.24. The van der Waals surface area contributed by atoms with Gasteiger partial charge < -0.3 is 5.11 Å². The zero-order chi connectivity index (χ0) is 16.4. The summed E-state index contributed by atoms with van der Waals surface area (Å²) in [7, 11) is 0. The first-order chi connectivity index (χ1) is 11.0. The van der Waals surface area contributed by atoms with Crippen molar-refractivity contribution in [2.24, 2.45) is 0 Å². The van der Waals surface area contributed by atoms with Gasteiger partial charge >= 0.3 is 0 Å². The predicted octanol–water partition coefficient (Wildman–Crippen LogP) is 5.42. The van der Waals surface area contributed by atoms with E-state index >= 15 is 0 Å². The highest BCUT2D eigenvalue weighted by molar-refractivity contribution is 6.31. The molecule has 3 rings (SSSR count). The lowest BCUT2D eigenvalue weighted by atomic mass is 9.80. The molecule has 0 saturated carbocycles. The Morgan fingerprint density at radius 2 is 1.13 bits per heavy atom. The lowest BCUT2D eigenvalue weighted by Crippen LogP contribution is -2.29. The average molecular weight is 347 g/mol. The van der Waals surface area contributed by atoms with Crippen LogP contribution in [-0.4, -0.2) is 5.11 Å². The first-order valence-corrected chi connectivity index (χ1v) is 7.76. The molecule has 0 bridgehead atoms. The highest BCUT2D eigenvalue weighted by Crippen LogP contribution is 2.38. The van der Waals surface area contributed by atoms with Gasteiger partial charge in [-0.05, 0) is 53.1 Å². The SMILES string of the molecule is OC(c1cccc(F)c1)(c1cccc(Cl)c1)c1cccc(Cl)c1. The summed E-state index contributed by atoms with van der Waals surface area (Å²) >= 11 is 12.2. The molecule has 3 aromatic rings. The van der Waals surface area contributed by atoms with Crippen molar-refractivity contribution in [2.45, 2.75) is 5.60 Å². The van der Waals surface area contributed by atoms with Gasteiger partial charge in [0.25, 0.3) is 0 Å². The van der Waals surface area contributed by atoms with Gasteiger partial charge in [-0.25, -0.2) is 4.39 Å². The molecule has 0 aromatic heterocycles. The molecule has 23 heavy (non-hydrogen) atoms. The van der Waals surface area contributed by atoms with Crippen LogP contribution in [0.25, 0.3) is 0 Å². The van der Waals surface area contributed by atoms with Gasteiger partial charge in [-0.1, -0.05) is 59.6 Å². The van der Waals surface area contributed by atoms with Crippen LogP contribution in [0.15, 0.2) is 72.8 Å². The van der Waals surface area contributed by atoms with Crippen LogP contribution in [0.5, 0.6) is 0 Å². The van der Waals surface area contributed by atoms with E-state index in [1.54, 1.807) is 60.7 Å². The fourth-order valence-electron chi connectivity index (χ4n) is 2.64. The van der Waals surface area contributed by atoms with E-state index in [0.717, 1.165) is 0 Å². The lowest BCUT2D eigenvalue weighted by molar-refractivity contribution is 0.125. The molecule has 0 amide bonds. The fourth-order valence-corrected chi connectivity index (χ4v) is 3.02. The molecule has 0 aliphatic rings. The number of halogens is 3. The normalized spacial score (nSPS) is 11.5. The van der Waals surface area contributed by atoms with Gasteiger partial charge in [0.15, 0.2) is 0 Å². The Morgan fingerprint density at radius 1 is 0.696 bits per heavy atom. The van der Waals surface area contributed by atoms with Crippen molar-refractivity contribution < 1.29 is 9.50 Å². The highest BCUT2D eigenvalue weighted by Gasteiger charge is 2.34. The van der Waals surface area contributed by atoms with Crippen molar-refractivity contribution in [1.29, 1.82) is 0 Å². The molecule has 0 unspecified atom stereocenters. The van der Waals surface area contributed by atoms with Gasteiger partial charge in [0.2, 0.25) is 0 Å². The van der Waals surface area contributed by atoms with E-state index in [9.17, 15) is 9.50 Å². The van der Waals surface area contributed by atoms with Crippen LogP contribution in [0.1, 0.15) is 16.7 Å². The Hall–Kier alpha value is -1.87. The predicted molar refractivity (Wildman–Crippen MR) is 91.4 cm³/mol. The van der Waals surface area contributed by atoms with E-state index in [4.69, 9.17) is 23.2 Å². The van der Waals surface area contributed by atoms with E-state index < -0.39 is 11.4 Å². The van der Waals surface area contributed by atoms with Crippen LogP contribution in [-0.2, 0) is 5.60 Å². The van der Waals surface area contributed by atoms with Crippen LogP contribution in [0, 0.1) is 5.82 Å². The molecular formula is C19H13Cl2FO. The molecule has 0 fully saturated rings. The van der Waals surface area contributed by atoms with Gasteiger partial charge in [0, 0.05) is 10.0 Å². The Kier molecular flexibility index (Phi) is 4.40. The number of hydrogen-bond acceptors (Lipinski definition) is 1. The van der Waals surface area contributed by atoms with E-state index in [1.165, 1.54) is 12.1 Å². The summed E-state index contributed by atoms with van der Waals surface area (Å²) < 4.78 is 13.7. The van der Waals surface area contributed by atoms with Gasteiger partial charge in [0.1, 0.15) is 11.4 Å². The topological polar surface area (TPSA) is 20.2 Å². The van der Waals surface area contributed by atoms with Crippen LogP contribution in [0.2, 0.25) is 10.0 Å². The van der Waals surface area contributed by atoms with Crippen molar-refractivity contribution >= 4 is 23.2 Å². The maximum atomic E-state index is 13.7. The van der Waals surface area contributed by atoms with Crippen molar-refractivity contribution in [1.82, 2.24) is 0 Å². The summed E-state index contributed by atoms with van der Waals surface area (Å²) in [5, 5.41) is 12.5. The number of rotatable bonds is 3. The molecule has 0 atom stereocenters. The summed E-state index contributed by atoms with van der Waals surface area (Å²) in [6, 6.07) is 19.6. The first kappa shape index (κ1) is 16.0. The third-order valence-electron chi connectivity index (χ3n) is 3.73. The Labute approximate surface area is 143 Å². The molecular weight excluding hydrogens is 334 g/mol. The van der Waals surface area contributed by atoms with Crippen molar-refractivity contribution in [2.75, 3.05) is 0 Å². The quantitative estimate of drug-likeness (QED) is 0.628. The van der Waals surface area contributed by atoms with E-state index in [1.807, 2.05) is 0 Å². The largest absolute Gasteiger partial charge is 0.376 e. The van der Waals surface area contributed by atoms with Crippen molar-refractivity contribution in [3.63, 3.8) is 0 Å². The second kappa shape index (κ2) is 6.32. The maximum Gasteiger partial charge on any atom is 0.140 e. The lowest BCUT2D eigenvalue weighted by Gasteiger charge is -2.30. The Morgan fingerprint density at radius 3 is 1.57 bits per heavy atom. The maximum absolute atomic E-state index is 13.7. The number of aliphatic hydroxyl groups is 1. The molecule has 0 aliphatic carbocycles. The molecule has 0 radical (unpaired) electrons. The van der Waals surface area contributed by atoms with Crippen molar-refractivity contribution in [3.05, 3.63) is 105 Å². The van der Waals surface area contributed by atoms with Crippen LogP contribution in [0.4, 0.5) is 4.39 Å². The minimum Gasteiger partial charge on any atom is -0.376 e. The molecule has 1 N–H and O–H groups in total. The zero-order valence-corrected chi connectivity index (χ0v) is 13.5. The molecule has 0 heterocycles. The van der Waals surface area contributed by atoms with E-state index in [2.05, 4.69) is 0 Å². The van der Waals surface area contributed by atoms with Crippen LogP contribution < -0.4 is 0 Å². The third kappa shape index (κ3) is 3.11. The fraction of sp³-hybridized carbons (Fsp3) is 0.0526. The van der Waals surface area contributed by atoms with Crippen molar-refractivity contribution in [3.8, 4) is 0 Å². The Balaban J connectivity index is 2.29.